The number of nitrogens with one attached hydrogen (secondary N) is 1. The van der Waals surface area contributed by atoms with E-state index in [0.29, 0.717) is 23.4 Å². The molecule has 0 heterocycles. The predicted molar refractivity (Wildman–Crippen MR) is 103 cm³/mol. The number of hydrogen-bond acceptors (Lipinski definition) is 3. The van der Waals surface area contributed by atoms with Crippen molar-refractivity contribution in [2.75, 3.05) is 6.61 Å². The Bertz CT molecular complexity index is 723. The monoisotopic (exact) mass is 354 g/mol. The molecule has 0 radical (unpaired) electrons. The van der Waals surface area contributed by atoms with Crippen molar-refractivity contribution in [1.29, 1.82) is 0 Å². The smallest absolute Gasteiger partial charge is 0.246 e. The lowest BCUT2D eigenvalue weighted by Crippen LogP contribution is -2.59. The van der Waals surface area contributed by atoms with Crippen LogP contribution in [0.3, 0.4) is 0 Å². The maximum Gasteiger partial charge on any atom is 0.246 e. The van der Waals surface area contributed by atoms with Crippen molar-refractivity contribution in [2.24, 2.45) is 27.3 Å². The van der Waals surface area contributed by atoms with Gasteiger partial charge in [0.25, 0.3) is 0 Å². The molecular weight excluding hydrogens is 324 g/mol. The highest BCUT2D eigenvalue weighted by molar-refractivity contribution is 5.86. The minimum atomic E-state index is -0.215. The summed E-state index contributed by atoms with van der Waals surface area (Å²) in [6.45, 7) is 7.38. The Balaban J connectivity index is 1.46. The molecule has 1 amide bonds. The Morgan fingerprint density at radius 2 is 1.96 bits per heavy atom. The maximum absolute atomic E-state index is 13.1. The van der Waals surface area contributed by atoms with Crippen molar-refractivity contribution in [1.82, 2.24) is 5.43 Å². The molecule has 4 saturated carbocycles. The second-order valence-corrected chi connectivity index (χ2v) is 9.62. The number of amides is 1. The van der Waals surface area contributed by atoms with E-state index in [-0.39, 0.29) is 11.3 Å². The maximum atomic E-state index is 13.1. The first-order valence-electron chi connectivity index (χ1n) is 9.90. The van der Waals surface area contributed by atoms with Crippen molar-refractivity contribution >= 4 is 12.1 Å². The molecule has 4 heteroatoms. The molecule has 4 bridgehead atoms. The second kappa shape index (κ2) is 6.11. The fourth-order valence-electron chi connectivity index (χ4n) is 6.84. The number of hydrogen-bond donors (Lipinski definition) is 1. The van der Waals surface area contributed by atoms with Gasteiger partial charge < -0.3 is 4.74 Å². The third kappa shape index (κ3) is 3.15. The van der Waals surface area contributed by atoms with Crippen LogP contribution in [0.1, 0.15) is 64.9 Å². The van der Waals surface area contributed by atoms with Crippen LogP contribution in [0.4, 0.5) is 0 Å². The highest BCUT2D eigenvalue weighted by atomic mass is 16.5. The minimum Gasteiger partial charge on any atom is -0.494 e. The summed E-state index contributed by atoms with van der Waals surface area (Å²) in [5.41, 5.74) is 4.25. The zero-order valence-electron chi connectivity index (χ0n) is 16.2. The van der Waals surface area contributed by atoms with Crippen LogP contribution < -0.4 is 10.2 Å². The van der Waals surface area contributed by atoms with E-state index in [2.05, 4.69) is 24.4 Å². The molecule has 26 heavy (non-hydrogen) atoms. The lowest BCUT2D eigenvalue weighted by molar-refractivity contribution is -0.170. The van der Waals surface area contributed by atoms with E-state index in [4.69, 9.17) is 4.74 Å². The van der Waals surface area contributed by atoms with E-state index in [1.165, 1.54) is 19.3 Å². The molecule has 1 N–H and O–H groups in total. The molecule has 0 aromatic heterocycles. The molecule has 2 unspecified atom stereocenters. The lowest BCUT2D eigenvalue weighted by atomic mass is 9.40. The highest BCUT2D eigenvalue weighted by Gasteiger charge is 2.62. The number of benzene rings is 1. The first-order chi connectivity index (χ1) is 12.3. The number of carbonyl (C=O) groups excluding carboxylic acids is 1. The molecule has 0 saturated heterocycles. The van der Waals surface area contributed by atoms with Gasteiger partial charge >= 0.3 is 0 Å². The summed E-state index contributed by atoms with van der Waals surface area (Å²) in [5, 5.41) is 4.27. The van der Waals surface area contributed by atoms with Crippen molar-refractivity contribution in [3.63, 3.8) is 0 Å². The lowest BCUT2D eigenvalue weighted by Gasteiger charge is -2.64. The zero-order valence-corrected chi connectivity index (χ0v) is 16.2. The van der Waals surface area contributed by atoms with Gasteiger partial charge in [0.1, 0.15) is 5.75 Å². The Morgan fingerprint density at radius 3 is 2.62 bits per heavy atom. The summed E-state index contributed by atoms with van der Waals surface area (Å²) in [7, 11) is 0. The average Bonchev–Trinajstić information content (AvgIpc) is 2.52. The van der Waals surface area contributed by atoms with E-state index in [9.17, 15) is 4.79 Å². The third-order valence-electron chi connectivity index (χ3n) is 6.66. The van der Waals surface area contributed by atoms with Gasteiger partial charge in [0.05, 0.1) is 18.2 Å². The predicted octanol–water partition coefficient (Wildman–Crippen LogP) is 4.53. The van der Waals surface area contributed by atoms with E-state index >= 15 is 0 Å². The summed E-state index contributed by atoms with van der Waals surface area (Å²) in [5.74, 6) is 1.65. The summed E-state index contributed by atoms with van der Waals surface area (Å²) >= 11 is 0. The Labute approximate surface area is 156 Å². The van der Waals surface area contributed by atoms with E-state index in [0.717, 1.165) is 30.6 Å². The second-order valence-electron chi connectivity index (χ2n) is 9.62. The van der Waals surface area contributed by atoms with Crippen LogP contribution in [0.25, 0.3) is 0 Å². The van der Waals surface area contributed by atoms with Gasteiger partial charge in [0.2, 0.25) is 5.91 Å². The topological polar surface area (TPSA) is 50.7 Å². The quantitative estimate of drug-likeness (QED) is 0.624. The average molecular weight is 354 g/mol. The Hall–Kier alpha value is -1.84. The number of ether oxygens (including phenoxy) is 1. The van der Waals surface area contributed by atoms with Crippen LogP contribution in [0.5, 0.6) is 5.75 Å². The van der Waals surface area contributed by atoms with Crippen LogP contribution in [0, 0.1) is 22.2 Å². The molecule has 1 aromatic rings. The summed E-state index contributed by atoms with van der Waals surface area (Å²) in [4.78, 5) is 13.1. The molecule has 5 rings (SSSR count). The van der Waals surface area contributed by atoms with Crippen LogP contribution in [0.15, 0.2) is 29.4 Å². The van der Waals surface area contributed by atoms with Crippen molar-refractivity contribution in [2.45, 2.75) is 59.3 Å². The first kappa shape index (κ1) is 17.6. The van der Waals surface area contributed by atoms with Gasteiger partial charge in [-0.1, -0.05) is 26.0 Å². The van der Waals surface area contributed by atoms with Crippen LogP contribution >= 0.6 is 0 Å². The summed E-state index contributed by atoms with van der Waals surface area (Å²) < 4.78 is 5.51. The molecule has 140 valence electrons. The Morgan fingerprint density at radius 1 is 1.23 bits per heavy atom. The van der Waals surface area contributed by atoms with Gasteiger partial charge in [-0.05, 0) is 79.9 Å². The normalized spacial score (nSPS) is 37.9. The van der Waals surface area contributed by atoms with Gasteiger partial charge in [0, 0.05) is 0 Å². The van der Waals surface area contributed by atoms with Gasteiger partial charge in [-0.3, -0.25) is 4.79 Å². The molecule has 4 aliphatic carbocycles. The van der Waals surface area contributed by atoms with Gasteiger partial charge in [-0.2, -0.15) is 5.10 Å². The minimum absolute atomic E-state index is 0.122. The molecule has 4 aliphatic rings. The summed E-state index contributed by atoms with van der Waals surface area (Å²) in [6.07, 6.45) is 8.67. The largest absolute Gasteiger partial charge is 0.494 e. The van der Waals surface area contributed by atoms with Crippen LogP contribution in [-0.4, -0.2) is 18.7 Å². The molecule has 2 atom stereocenters. The van der Waals surface area contributed by atoms with Gasteiger partial charge in [0.15, 0.2) is 0 Å². The highest BCUT2D eigenvalue weighted by Crippen LogP contribution is 2.69. The van der Waals surface area contributed by atoms with Crippen LogP contribution in [0.2, 0.25) is 0 Å². The fourth-order valence-corrected chi connectivity index (χ4v) is 6.84. The molecule has 4 fully saturated rings. The van der Waals surface area contributed by atoms with Gasteiger partial charge in [-0.25, -0.2) is 5.43 Å². The number of carbonyl (C=O) groups is 1. The van der Waals surface area contributed by atoms with Crippen molar-refractivity contribution < 1.29 is 9.53 Å². The molecule has 0 aliphatic heterocycles. The fraction of sp³-hybridized carbons (Fsp3) is 0.636. The first-order valence-corrected chi connectivity index (χ1v) is 9.90. The van der Waals surface area contributed by atoms with Crippen LogP contribution in [-0.2, 0) is 4.79 Å². The van der Waals surface area contributed by atoms with E-state index in [1.807, 2.05) is 31.2 Å². The number of hydrazone groups is 1. The van der Waals surface area contributed by atoms with E-state index in [1.54, 1.807) is 6.21 Å². The third-order valence-corrected chi connectivity index (χ3v) is 6.66. The number of nitrogens with zero attached hydrogens (tertiary/aromatic N) is 1. The Kier molecular flexibility index (Phi) is 4.13. The SMILES string of the molecule is CCOc1cccc(/C=N/NC(=O)C23CC4CC(C)(CC(C)(C4)C2)C3)c1. The molecule has 4 nitrogen and oxygen atoms in total. The van der Waals surface area contributed by atoms with Crippen molar-refractivity contribution in [3.8, 4) is 5.75 Å². The van der Waals surface area contributed by atoms with E-state index < -0.39 is 0 Å². The molecular formula is C22H30N2O2. The molecule has 1 aromatic carbocycles. The van der Waals surface area contributed by atoms with Crippen molar-refractivity contribution in [3.05, 3.63) is 29.8 Å². The standard InChI is InChI=1S/C22H30N2O2/c1-4-26-18-7-5-6-16(8-18)12-23-24-19(25)22-11-17-9-20(2,14-22)13-21(3,10-17)15-22/h5-8,12,17H,4,9-11,13-15H2,1-3H3,(H,24,25)/b23-12+. The molecule has 0 spiro atoms. The summed E-state index contributed by atoms with van der Waals surface area (Å²) in [6, 6.07) is 7.77. The zero-order chi connectivity index (χ0) is 18.4. The number of rotatable bonds is 5. The van der Waals surface area contributed by atoms with Gasteiger partial charge in [-0.15, -0.1) is 0 Å².